The number of esters is 1. The molecule has 0 radical (unpaired) electrons. The fourth-order valence-corrected chi connectivity index (χ4v) is 5.66. The molecule has 4 heterocycles. The van der Waals surface area contributed by atoms with Gasteiger partial charge in [0.15, 0.2) is 29.0 Å². The van der Waals surface area contributed by atoms with E-state index in [1.54, 1.807) is 30.5 Å². The van der Waals surface area contributed by atoms with Crippen LogP contribution in [-0.2, 0) is 35.7 Å². The minimum atomic E-state index is -4.90. The third-order valence-corrected chi connectivity index (χ3v) is 8.09. The van der Waals surface area contributed by atoms with E-state index in [9.17, 15) is 17.1 Å². The minimum Gasteiger partial charge on any atom is -0.459 e. The predicted molar refractivity (Wildman–Crippen MR) is 151 cm³/mol. The summed E-state index contributed by atoms with van der Waals surface area (Å²) in [4.78, 5) is 25.3. The van der Waals surface area contributed by atoms with Gasteiger partial charge in [-0.25, -0.2) is 19.7 Å². The van der Waals surface area contributed by atoms with Crippen LogP contribution in [0.2, 0.25) is 5.02 Å². The lowest BCUT2D eigenvalue weighted by Crippen LogP contribution is -2.33. The fourth-order valence-electron chi connectivity index (χ4n) is 5.07. The summed E-state index contributed by atoms with van der Waals surface area (Å²) in [5, 5.41) is 3.91. The second kappa shape index (κ2) is 11.0. The number of anilines is 2. The summed E-state index contributed by atoms with van der Waals surface area (Å²) < 4.78 is 61.4. The van der Waals surface area contributed by atoms with E-state index in [4.69, 9.17) is 36.3 Å². The van der Waals surface area contributed by atoms with Gasteiger partial charge in [0.1, 0.15) is 31.2 Å². The molecule has 2 aromatic heterocycles. The van der Waals surface area contributed by atoms with Gasteiger partial charge in [-0.2, -0.15) is 8.42 Å². The molecule has 0 unspecified atom stereocenters. The summed E-state index contributed by atoms with van der Waals surface area (Å²) in [5.74, 6) is -1.18. The van der Waals surface area contributed by atoms with Gasteiger partial charge in [-0.3, -0.25) is 4.57 Å². The number of rotatable bonds is 8. The van der Waals surface area contributed by atoms with Crippen LogP contribution in [-0.4, -0.2) is 64.6 Å². The Kier molecular flexibility index (Phi) is 7.46. The maximum Gasteiger partial charge on any atom is 0.338 e. The SMILES string of the molecule is CC1(C)O[C@@H]2[C@H](O1)[C@@H](COC(=O)c1ccc(S(=O)(=O)F)cc1)O[C@H]2n1c(NCc2ccc(Cl)cc2)nc2c(N)ncnc21. The maximum absolute atomic E-state index is 13.2. The quantitative estimate of drug-likeness (QED) is 0.214. The molecule has 2 aliphatic heterocycles. The summed E-state index contributed by atoms with van der Waals surface area (Å²) in [5.41, 5.74) is 7.85. The van der Waals surface area contributed by atoms with E-state index in [0.29, 0.717) is 28.7 Å². The number of benzene rings is 2. The normalized spacial score (nSPS) is 22.9. The summed E-state index contributed by atoms with van der Waals surface area (Å²) in [6, 6.07) is 11.6. The Morgan fingerprint density at radius 2 is 1.81 bits per heavy atom. The maximum atomic E-state index is 13.2. The zero-order valence-electron chi connectivity index (χ0n) is 22.8. The molecular formula is C27H26ClFN6O7S. The number of aromatic nitrogens is 4. The first kappa shape index (κ1) is 29.2. The summed E-state index contributed by atoms with van der Waals surface area (Å²) in [6.45, 7) is 3.69. The van der Waals surface area contributed by atoms with Gasteiger partial charge < -0.3 is 30.0 Å². The predicted octanol–water partition coefficient (Wildman–Crippen LogP) is 3.61. The van der Waals surface area contributed by atoms with Crippen molar-refractivity contribution in [3.8, 4) is 0 Å². The highest BCUT2D eigenvalue weighted by molar-refractivity contribution is 7.86. The van der Waals surface area contributed by atoms with Crippen molar-refractivity contribution in [3.63, 3.8) is 0 Å². The molecule has 4 aromatic rings. The van der Waals surface area contributed by atoms with Crippen LogP contribution in [0, 0.1) is 0 Å². The lowest BCUT2D eigenvalue weighted by Gasteiger charge is -2.25. The summed E-state index contributed by atoms with van der Waals surface area (Å²) in [6.07, 6.45) is -1.58. The van der Waals surface area contributed by atoms with E-state index in [0.717, 1.165) is 29.8 Å². The van der Waals surface area contributed by atoms with Gasteiger partial charge in [0.05, 0.1) is 10.5 Å². The van der Waals surface area contributed by atoms with E-state index in [1.165, 1.54) is 6.33 Å². The molecular weight excluding hydrogens is 607 g/mol. The largest absolute Gasteiger partial charge is 0.459 e. The van der Waals surface area contributed by atoms with Crippen LogP contribution in [0.5, 0.6) is 0 Å². The van der Waals surface area contributed by atoms with Gasteiger partial charge in [0.2, 0.25) is 5.95 Å². The molecule has 0 bridgehead atoms. The molecule has 2 saturated heterocycles. The smallest absolute Gasteiger partial charge is 0.338 e. The third kappa shape index (κ3) is 5.86. The first-order valence-corrected chi connectivity index (χ1v) is 14.9. The number of carbonyl (C=O) groups excluding carboxylic acids is 1. The average molecular weight is 633 g/mol. The van der Waals surface area contributed by atoms with Crippen LogP contribution in [0.4, 0.5) is 15.7 Å². The second-order valence-electron chi connectivity index (χ2n) is 10.4. The zero-order chi connectivity index (χ0) is 30.5. The van der Waals surface area contributed by atoms with E-state index in [1.807, 2.05) is 12.1 Å². The van der Waals surface area contributed by atoms with E-state index < -0.39 is 51.4 Å². The number of ether oxygens (including phenoxy) is 4. The molecule has 6 rings (SSSR count). The molecule has 3 N–H and O–H groups in total. The zero-order valence-corrected chi connectivity index (χ0v) is 24.4. The molecule has 43 heavy (non-hydrogen) atoms. The van der Waals surface area contributed by atoms with Crippen molar-refractivity contribution in [2.45, 2.75) is 55.6 Å². The van der Waals surface area contributed by atoms with E-state index in [-0.39, 0.29) is 18.0 Å². The second-order valence-corrected chi connectivity index (χ2v) is 12.2. The number of nitrogens with zero attached hydrogens (tertiary/aromatic N) is 4. The number of hydrogen-bond donors (Lipinski definition) is 2. The third-order valence-electron chi connectivity index (χ3n) is 7.00. The van der Waals surface area contributed by atoms with Crippen LogP contribution >= 0.6 is 11.6 Å². The van der Waals surface area contributed by atoms with Crippen molar-refractivity contribution in [1.82, 2.24) is 19.5 Å². The van der Waals surface area contributed by atoms with Gasteiger partial charge in [-0.05, 0) is 55.8 Å². The van der Waals surface area contributed by atoms with Crippen LogP contribution in [0.25, 0.3) is 11.2 Å². The highest BCUT2D eigenvalue weighted by Crippen LogP contribution is 2.45. The van der Waals surface area contributed by atoms with Crippen LogP contribution in [0.15, 0.2) is 59.8 Å². The van der Waals surface area contributed by atoms with Crippen molar-refractivity contribution in [2.24, 2.45) is 0 Å². The van der Waals surface area contributed by atoms with E-state index >= 15 is 0 Å². The minimum absolute atomic E-state index is 0.0314. The number of hydrogen-bond acceptors (Lipinski definition) is 12. The van der Waals surface area contributed by atoms with E-state index in [2.05, 4.69) is 20.3 Å². The van der Waals surface area contributed by atoms with Gasteiger partial charge >= 0.3 is 16.2 Å². The average Bonchev–Trinajstić information content (AvgIpc) is 3.59. The molecule has 2 aromatic carbocycles. The van der Waals surface area contributed by atoms with Gasteiger partial charge in [0.25, 0.3) is 0 Å². The Bertz CT molecular complexity index is 1790. The number of nitrogens with two attached hydrogens (primary N) is 1. The summed E-state index contributed by atoms with van der Waals surface area (Å²) in [7, 11) is -4.90. The van der Waals surface area contributed by atoms with Crippen LogP contribution < -0.4 is 11.1 Å². The number of halogens is 2. The molecule has 13 nitrogen and oxygen atoms in total. The van der Waals surface area contributed by atoms with Crippen molar-refractivity contribution in [3.05, 3.63) is 71.0 Å². The first-order chi connectivity index (χ1) is 20.4. The first-order valence-electron chi connectivity index (χ1n) is 13.1. The Morgan fingerprint density at radius 3 is 2.51 bits per heavy atom. The van der Waals surface area contributed by atoms with Gasteiger partial charge in [-0.15, -0.1) is 3.89 Å². The monoisotopic (exact) mass is 632 g/mol. The number of imidazole rings is 1. The number of nitrogen functional groups attached to an aromatic ring is 1. The molecule has 2 aliphatic rings. The van der Waals surface area contributed by atoms with Gasteiger partial charge in [-0.1, -0.05) is 23.7 Å². The standard InChI is InChI=1S/C27H26ClFN6O7S/c1-27(2)41-20-18(12-39-25(36)15-5-9-17(10-6-15)43(29,37)38)40-24(21(20)42-27)35-23-19(22(30)32-13-33-23)34-26(35)31-11-14-3-7-16(28)8-4-14/h3-10,13,18,20-21,24H,11-12H2,1-2H3,(H,31,34)(H2,30,32,33)/t18-,20-,21-,24-/m1/s1. The Morgan fingerprint density at radius 1 is 1.12 bits per heavy atom. The molecule has 0 saturated carbocycles. The molecule has 0 amide bonds. The number of nitrogens with one attached hydrogen (secondary N) is 1. The Hall–Kier alpha value is -3.89. The molecule has 226 valence electrons. The fraction of sp³-hybridized carbons (Fsp3) is 0.333. The van der Waals surface area contributed by atoms with Crippen molar-refractivity contribution >= 4 is 50.7 Å². The topological polar surface area (TPSA) is 170 Å². The van der Waals surface area contributed by atoms with Gasteiger partial charge in [0, 0.05) is 11.6 Å². The molecule has 0 spiro atoms. The molecule has 0 aliphatic carbocycles. The van der Waals surface area contributed by atoms with Crippen LogP contribution in [0.1, 0.15) is 36.0 Å². The van der Waals surface area contributed by atoms with Crippen molar-refractivity contribution in [1.29, 1.82) is 0 Å². The number of carbonyl (C=O) groups is 1. The lowest BCUT2D eigenvalue weighted by atomic mass is 10.1. The molecule has 16 heteroatoms. The number of fused-ring (bicyclic) bond motifs is 2. The highest BCUT2D eigenvalue weighted by Gasteiger charge is 2.57. The molecule has 2 fully saturated rings. The van der Waals surface area contributed by atoms with Crippen molar-refractivity contribution in [2.75, 3.05) is 17.7 Å². The van der Waals surface area contributed by atoms with Crippen molar-refractivity contribution < 1.29 is 36.0 Å². The lowest BCUT2D eigenvalue weighted by molar-refractivity contribution is -0.199. The molecule has 4 atom stereocenters. The van der Waals surface area contributed by atoms with Crippen LogP contribution in [0.3, 0.4) is 0 Å². The highest BCUT2D eigenvalue weighted by atomic mass is 35.5. The Labute approximate surface area is 250 Å². The summed E-state index contributed by atoms with van der Waals surface area (Å²) >= 11 is 6.03. The Balaban J connectivity index is 1.27.